The fourth-order valence-electron chi connectivity index (χ4n) is 8.20. The number of hydrogen-bond acceptors (Lipinski definition) is 6. The lowest BCUT2D eigenvalue weighted by atomic mass is 9.52. The summed E-state index contributed by atoms with van der Waals surface area (Å²) in [4.78, 5) is 44.2. The van der Waals surface area contributed by atoms with Crippen molar-refractivity contribution in [2.75, 3.05) is 7.11 Å². The summed E-state index contributed by atoms with van der Waals surface area (Å²) in [5.41, 5.74) is -1.61. The van der Waals surface area contributed by atoms with E-state index in [-0.39, 0.29) is 52.5 Å². The number of aromatic nitrogens is 2. The quantitative estimate of drug-likeness (QED) is 0.274. The number of nitrogens with one attached hydrogen (secondary N) is 1. The number of halogens is 3. The van der Waals surface area contributed by atoms with Crippen molar-refractivity contribution in [2.45, 2.75) is 56.3 Å². The zero-order chi connectivity index (χ0) is 32.4. The minimum atomic E-state index is -4.78. The highest BCUT2D eigenvalue weighted by atomic mass is 19.4. The van der Waals surface area contributed by atoms with Gasteiger partial charge in [0.1, 0.15) is 17.0 Å². The standard InChI is InChI=1S/C35H32F3N3O5/c1-46-33(44)29-26(30(42)25-11-12-27(35(36,37)38)39-31(25)41(29)24-5-3-2-4-6-24)15-19-7-9-21(10-8-19)32(43)40-28-22-13-20-14-23(28)18-34(45,16-20)17-22/h2-12,20,22-23,28,45H,13-18H2,1H3,(H,40,43)/t20?,22-,23-,28?,34?/m0/s1. The van der Waals surface area contributed by atoms with Crippen molar-refractivity contribution < 1.29 is 32.6 Å². The normalized spacial score (nSPS) is 25.1. The van der Waals surface area contributed by atoms with E-state index < -0.39 is 28.9 Å². The van der Waals surface area contributed by atoms with Crippen LogP contribution in [0.25, 0.3) is 16.7 Å². The molecule has 4 aliphatic rings. The summed E-state index contributed by atoms with van der Waals surface area (Å²) in [6.45, 7) is 0. The van der Waals surface area contributed by atoms with Crippen LogP contribution in [0.15, 0.2) is 71.5 Å². The maximum absolute atomic E-state index is 13.8. The molecule has 2 heterocycles. The van der Waals surface area contributed by atoms with Gasteiger partial charge in [-0.25, -0.2) is 9.78 Å². The number of amides is 1. The Morgan fingerprint density at radius 1 is 1.00 bits per heavy atom. The minimum absolute atomic E-state index is 0.0205. The first-order chi connectivity index (χ1) is 21.9. The molecule has 2 atom stereocenters. The molecule has 0 radical (unpaired) electrons. The largest absolute Gasteiger partial charge is 0.464 e. The number of esters is 1. The number of ether oxygens (including phenoxy) is 1. The highest BCUT2D eigenvalue weighted by molar-refractivity contribution is 5.95. The van der Waals surface area contributed by atoms with E-state index in [0.29, 0.717) is 35.6 Å². The Morgan fingerprint density at radius 2 is 1.67 bits per heavy atom. The number of aliphatic hydroxyl groups is 1. The van der Waals surface area contributed by atoms with Gasteiger partial charge in [0.2, 0.25) is 0 Å². The van der Waals surface area contributed by atoms with Gasteiger partial charge in [-0.05, 0) is 91.8 Å². The molecule has 238 valence electrons. The molecule has 2 aromatic heterocycles. The lowest BCUT2D eigenvalue weighted by Crippen LogP contribution is -2.61. The topological polar surface area (TPSA) is 111 Å². The van der Waals surface area contributed by atoms with Crippen LogP contribution in [0.4, 0.5) is 13.2 Å². The summed E-state index contributed by atoms with van der Waals surface area (Å²) in [6.07, 6.45) is -0.506. The van der Waals surface area contributed by atoms with Gasteiger partial charge in [0.25, 0.3) is 5.91 Å². The summed E-state index contributed by atoms with van der Waals surface area (Å²) >= 11 is 0. The smallest absolute Gasteiger partial charge is 0.433 e. The van der Waals surface area contributed by atoms with Crippen LogP contribution in [0.1, 0.15) is 69.8 Å². The van der Waals surface area contributed by atoms with Gasteiger partial charge in [-0.3, -0.25) is 14.2 Å². The molecule has 4 aliphatic carbocycles. The van der Waals surface area contributed by atoms with Crippen molar-refractivity contribution in [3.63, 3.8) is 0 Å². The highest BCUT2D eigenvalue weighted by Gasteiger charge is 2.55. The van der Waals surface area contributed by atoms with Gasteiger partial charge in [0.05, 0.1) is 18.1 Å². The van der Waals surface area contributed by atoms with Crippen LogP contribution in [0, 0.1) is 17.8 Å². The van der Waals surface area contributed by atoms with Gasteiger partial charge in [-0.1, -0.05) is 30.3 Å². The molecule has 1 amide bonds. The SMILES string of the molecule is COC(=O)c1c(Cc2ccc(C(=O)NC3[C@H]4CC5C[C@H]3CC(O)(C5)C4)cc2)c(=O)c2ccc(C(F)(F)F)nc2n1-c1ccccc1. The molecule has 0 saturated heterocycles. The highest BCUT2D eigenvalue weighted by Crippen LogP contribution is 2.55. The molecule has 0 spiro atoms. The van der Waals surface area contributed by atoms with Gasteiger partial charge in [-0.2, -0.15) is 13.2 Å². The number of carbonyl (C=O) groups is 2. The van der Waals surface area contributed by atoms with Crippen LogP contribution >= 0.6 is 0 Å². The van der Waals surface area contributed by atoms with Gasteiger partial charge in [-0.15, -0.1) is 0 Å². The fourth-order valence-corrected chi connectivity index (χ4v) is 8.20. The molecule has 46 heavy (non-hydrogen) atoms. The van der Waals surface area contributed by atoms with E-state index >= 15 is 0 Å². The van der Waals surface area contributed by atoms with Crippen LogP contribution < -0.4 is 10.7 Å². The first-order valence-corrected chi connectivity index (χ1v) is 15.4. The van der Waals surface area contributed by atoms with Gasteiger partial charge < -0.3 is 15.2 Å². The van der Waals surface area contributed by atoms with Gasteiger partial charge in [0.15, 0.2) is 5.43 Å². The Hall–Kier alpha value is -4.51. The first kappa shape index (κ1) is 30.2. The third-order valence-electron chi connectivity index (χ3n) is 9.93. The van der Waals surface area contributed by atoms with Crippen LogP contribution in [0.2, 0.25) is 0 Å². The number of hydrogen-bond donors (Lipinski definition) is 2. The maximum atomic E-state index is 13.8. The molecule has 0 aliphatic heterocycles. The number of methoxy groups -OCH3 is 1. The van der Waals surface area contributed by atoms with Crippen LogP contribution in [0.5, 0.6) is 0 Å². The molecule has 4 aromatic rings. The first-order valence-electron chi connectivity index (χ1n) is 15.4. The Bertz CT molecular complexity index is 1890. The second kappa shape index (κ2) is 11.1. The molecule has 4 bridgehead atoms. The number of fused-ring (bicyclic) bond motifs is 1. The molecule has 11 heteroatoms. The summed E-state index contributed by atoms with van der Waals surface area (Å²) < 4.78 is 47.3. The van der Waals surface area contributed by atoms with Crippen molar-refractivity contribution >= 4 is 22.9 Å². The Labute approximate surface area is 262 Å². The van der Waals surface area contributed by atoms with E-state index in [1.807, 2.05) is 0 Å². The number of nitrogens with zero attached hydrogens (tertiary/aromatic N) is 2. The van der Waals surface area contributed by atoms with Crippen molar-refractivity contribution in [3.05, 3.63) is 105 Å². The lowest BCUT2D eigenvalue weighted by molar-refractivity contribution is -0.141. The molecule has 0 unspecified atom stereocenters. The monoisotopic (exact) mass is 631 g/mol. The van der Waals surface area contributed by atoms with Gasteiger partial charge >= 0.3 is 12.1 Å². The number of alkyl halides is 3. The third kappa shape index (κ3) is 5.26. The van der Waals surface area contributed by atoms with Crippen molar-refractivity contribution in [1.29, 1.82) is 0 Å². The third-order valence-corrected chi connectivity index (χ3v) is 9.93. The molecule has 8 nitrogen and oxygen atoms in total. The van der Waals surface area contributed by atoms with Crippen molar-refractivity contribution in [3.8, 4) is 5.69 Å². The summed E-state index contributed by atoms with van der Waals surface area (Å²) in [6, 6.07) is 16.8. The Balaban J connectivity index is 1.23. The zero-order valence-corrected chi connectivity index (χ0v) is 25.0. The van der Waals surface area contributed by atoms with E-state index in [1.165, 1.54) is 4.57 Å². The number of para-hydroxylation sites is 1. The van der Waals surface area contributed by atoms with Crippen LogP contribution in [-0.4, -0.2) is 45.3 Å². The predicted octanol–water partition coefficient (Wildman–Crippen LogP) is 5.45. The zero-order valence-electron chi connectivity index (χ0n) is 25.0. The Morgan fingerprint density at radius 3 is 2.28 bits per heavy atom. The Kier molecular flexibility index (Phi) is 7.26. The lowest BCUT2D eigenvalue weighted by Gasteiger charge is -2.58. The summed E-state index contributed by atoms with van der Waals surface area (Å²) in [5, 5.41) is 14.0. The molecule has 4 saturated carbocycles. The van der Waals surface area contributed by atoms with Gasteiger partial charge in [0, 0.05) is 29.3 Å². The molecule has 2 N–H and O–H groups in total. The summed E-state index contributed by atoms with van der Waals surface area (Å²) in [7, 11) is 1.13. The minimum Gasteiger partial charge on any atom is -0.464 e. The average Bonchev–Trinajstić information content (AvgIpc) is 3.02. The van der Waals surface area contributed by atoms with Crippen molar-refractivity contribution in [1.82, 2.24) is 14.9 Å². The second-order valence-electron chi connectivity index (χ2n) is 13.0. The van der Waals surface area contributed by atoms with E-state index in [2.05, 4.69) is 10.3 Å². The number of pyridine rings is 2. The molecule has 4 fully saturated rings. The van der Waals surface area contributed by atoms with E-state index in [0.717, 1.165) is 38.5 Å². The molecular weight excluding hydrogens is 599 g/mol. The number of rotatable bonds is 6. The van der Waals surface area contributed by atoms with Crippen molar-refractivity contribution in [2.24, 2.45) is 17.8 Å². The molecule has 8 rings (SSSR count). The molecule has 2 aromatic carbocycles. The fraction of sp³-hybridized carbons (Fsp3) is 0.371. The summed E-state index contributed by atoms with van der Waals surface area (Å²) in [5.74, 6) is -0.0765. The number of benzene rings is 2. The van der Waals surface area contributed by atoms with E-state index in [1.54, 1.807) is 54.6 Å². The van der Waals surface area contributed by atoms with Crippen LogP contribution in [-0.2, 0) is 17.3 Å². The second-order valence-corrected chi connectivity index (χ2v) is 13.0. The van der Waals surface area contributed by atoms with Crippen LogP contribution in [0.3, 0.4) is 0 Å². The van der Waals surface area contributed by atoms with E-state index in [9.17, 15) is 32.7 Å². The van der Waals surface area contributed by atoms with E-state index in [4.69, 9.17) is 4.74 Å². The maximum Gasteiger partial charge on any atom is 0.433 e. The average molecular weight is 632 g/mol. The predicted molar refractivity (Wildman–Crippen MR) is 163 cm³/mol. The number of carbonyl (C=O) groups excluding carboxylic acids is 2. The molecular formula is C35H32F3N3O5.